The molecule has 1 heterocycles. The maximum atomic E-state index is 13.4. The summed E-state index contributed by atoms with van der Waals surface area (Å²) in [6.07, 6.45) is -8.03. The smallest absolute Gasteiger partial charge is 0.344 e. The fourth-order valence-electron chi connectivity index (χ4n) is 4.06. The van der Waals surface area contributed by atoms with E-state index in [9.17, 15) is 35.9 Å². The summed E-state index contributed by atoms with van der Waals surface area (Å²) < 4.78 is 80.5. The Morgan fingerprint density at radius 3 is 1.18 bits per heavy atom. The lowest BCUT2D eigenvalue weighted by atomic mass is 10.0. The highest BCUT2D eigenvalue weighted by Gasteiger charge is 2.42. The number of hydrogen-bond acceptors (Lipinski definition) is 4. The SMILES string of the molecule is O=C(/C(=C\N1CCN(/C=C(/C(=O)C(F)(F)F)c2ccccc2)c2ccccc21)c1ccccc1)C(F)(F)F. The van der Waals surface area contributed by atoms with Crippen LogP contribution in [0.3, 0.4) is 0 Å². The zero-order chi connectivity index (χ0) is 27.5. The van der Waals surface area contributed by atoms with E-state index in [0.29, 0.717) is 11.4 Å². The first-order valence-electron chi connectivity index (χ1n) is 11.4. The number of ketones is 2. The molecule has 0 atom stereocenters. The van der Waals surface area contributed by atoms with Crippen LogP contribution >= 0.6 is 0 Å². The molecule has 10 heteroatoms. The van der Waals surface area contributed by atoms with Crippen molar-refractivity contribution >= 4 is 34.1 Å². The molecule has 0 unspecified atom stereocenters. The van der Waals surface area contributed by atoms with E-state index in [-0.39, 0.29) is 24.2 Å². The molecule has 0 aliphatic carbocycles. The Bertz CT molecular complexity index is 1270. The van der Waals surface area contributed by atoms with E-state index in [1.165, 1.54) is 58.3 Å². The van der Waals surface area contributed by atoms with E-state index >= 15 is 0 Å². The molecule has 0 spiro atoms. The van der Waals surface area contributed by atoms with Crippen LogP contribution in [0.25, 0.3) is 11.1 Å². The average molecular weight is 530 g/mol. The van der Waals surface area contributed by atoms with Crippen molar-refractivity contribution in [2.24, 2.45) is 0 Å². The van der Waals surface area contributed by atoms with E-state index in [2.05, 4.69) is 0 Å². The molecule has 3 aromatic carbocycles. The zero-order valence-corrected chi connectivity index (χ0v) is 19.6. The minimum Gasteiger partial charge on any atom is -0.344 e. The van der Waals surface area contributed by atoms with Crippen LogP contribution in [-0.4, -0.2) is 37.0 Å². The van der Waals surface area contributed by atoms with E-state index in [0.717, 1.165) is 12.4 Å². The molecule has 0 fully saturated rings. The number of para-hydroxylation sites is 2. The normalized spacial score (nSPS) is 14.8. The summed E-state index contributed by atoms with van der Waals surface area (Å²) >= 11 is 0. The second kappa shape index (κ2) is 10.6. The quantitative estimate of drug-likeness (QED) is 0.264. The lowest BCUT2D eigenvalue weighted by Gasteiger charge is -2.36. The number of halogens is 6. The highest BCUT2D eigenvalue weighted by atomic mass is 19.4. The number of fused-ring (bicyclic) bond motifs is 1. The third-order valence-electron chi connectivity index (χ3n) is 5.83. The van der Waals surface area contributed by atoms with Crippen molar-refractivity contribution in [2.45, 2.75) is 12.4 Å². The van der Waals surface area contributed by atoms with Crippen LogP contribution in [0.2, 0.25) is 0 Å². The number of benzene rings is 3. The number of carbonyl (C=O) groups excluding carboxylic acids is 2. The second-order valence-electron chi connectivity index (χ2n) is 8.35. The summed E-state index contributed by atoms with van der Waals surface area (Å²) in [5, 5.41) is 0. The van der Waals surface area contributed by atoms with Crippen molar-refractivity contribution in [3.8, 4) is 0 Å². The van der Waals surface area contributed by atoms with E-state index < -0.39 is 35.1 Å². The lowest BCUT2D eigenvalue weighted by molar-refractivity contribution is -0.164. The van der Waals surface area contributed by atoms with Crippen molar-refractivity contribution in [3.05, 3.63) is 108 Å². The number of carbonyl (C=O) groups is 2. The molecule has 0 aromatic heterocycles. The highest BCUT2D eigenvalue weighted by molar-refractivity contribution is 6.24. The van der Waals surface area contributed by atoms with Crippen molar-refractivity contribution in [1.82, 2.24) is 0 Å². The predicted octanol–water partition coefficient (Wildman–Crippen LogP) is 6.66. The largest absolute Gasteiger partial charge is 0.454 e. The van der Waals surface area contributed by atoms with Gasteiger partial charge in [-0.05, 0) is 23.3 Å². The van der Waals surface area contributed by atoms with E-state index in [4.69, 9.17) is 0 Å². The van der Waals surface area contributed by atoms with Crippen LogP contribution in [0.15, 0.2) is 97.3 Å². The fraction of sp³-hybridized carbons (Fsp3) is 0.143. The molecule has 3 aromatic rings. The third-order valence-corrected chi connectivity index (χ3v) is 5.83. The number of allylic oxidation sites excluding steroid dienone is 2. The molecular weight excluding hydrogens is 510 g/mol. The monoisotopic (exact) mass is 530 g/mol. The molecule has 0 bridgehead atoms. The lowest BCUT2D eigenvalue weighted by Crippen LogP contribution is -2.37. The number of anilines is 2. The number of rotatable bonds is 6. The van der Waals surface area contributed by atoms with E-state index in [1.807, 2.05) is 0 Å². The van der Waals surface area contributed by atoms with Gasteiger partial charge in [-0.25, -0.2) is 0 Å². The molecule has 0 N–H and O–H groups in total. The average Bonchev–Trinajstić information content (AvgIpc) is 2.90. The first-order chi connectivity index (χ1) is 18.0. The Morgan fingerprint density at radius 2 is 0.868 bits per heavy atom. The summed E-state index contributed by atoms with van der Waals surface area (Å²) in [6.45, 7) is 0.0501. The summed E-state index contributed by atoms with van der Waals surface area (Å²) in [6, 6.07) is 21.1. The van der Waals surface area contributed by atoms with Gasteiger partial charge in [0.05, 0.1) is 22.5 Å². The van der Waals surface area contributed by atoms with Crippen molar-refractivity contribution in [2.75, 3.05) is 22.9 Å². The van der Waals surface area contributed by atoms with Gasteiger partial charge in [0.15, 0.2) is 0 Å². The van der Waals surface area contributed by atoms with Crippen molar-refractivity contribution in [3.63, 3.8) is 0 Å². The Balaban J connectivity index is 1.79. The Morgan fingerprint density at radius 1 is 0.553 bits per heavy atom. The van der Waals surface area contributed by atoms with Gasteiger partial charge in [-0.15, -0.1) is 0 Å². The maximum absolute atomic E-state index is 13.4. The van der Waals surface area contributed by atoms with Crippen LogP contribution in [-0.2, 0) is 9.59 Å². The summed E-state index contributed by atoms with van der Waals surface area (Å²) in [4.78, 5) is 27.5. The molecule has 4 rings (SSSR count). The molecule has 1 aliphatic heterocycles. The van der Waals surface area contributed by atoms with Crippen LogP contribution in [0.5, 0.6) is 0 Å². The van der Waals surface area contributed by atoms with Gasteiger partial charge in [0.25, 0.3) is 11.6 Å². The van der Waals surface area contributed by atoms with Crippen LogP contribution < -0.4 is 9.80 Å². The summed E-state index contributed by atoms with van der Waals surface area (Å²) in [5.41, 5.74) is -0.313. The van der Waals surface area contributed by atoms with Gasteiger partial charge in [0.2, 0.25) is 0 Å². The van der Waals surface area contributed by atoms with Gasteiger partial charge in [0, 0.05) is 25.5 Å². The van der Waals surface area contributed by atoms with Crippen LogP contribution in [0.1, 0.15) is 11.1 Å². The molecule has 4 nitrogen and oxygen atoms in total. The molecule has 196 valence electrons. The molecule has 0 saturated carbocycles. The predicted molar refractivity (Wildman–Crippen MR) is 132 cm³/mol. The Labute approximate surface area is 214 Å². The topological polar surface area (TPSA) is 40.6 Å². The minimum atomic E-state index is -5.12. The number of nitrogens with zero attached hydrogens (tertiary/aromatic N) is 2. The van der Waals surface area contributed by atoms with Crippen LogP contribution in [0.4, 0.5) is 37.7 Å². The van der Waals surface area contributed by atoms with Gasteiger partial charge in [0.1, 0.15) is 0 Å². The Hall–Kier alpha value is -4.34. The standard InChI is InChI=1S/C28H20F6N2O2/c29-27(30,31)25(37)21(19-9-3-1-4-10-19)17-35-15-16-36(24-14-8-7-13-23(24)35)18-22(26(38)28(32,33)34)20-11-5-2-6-12-20/h1-14,17-18H,15-16H2/b21-17-,22-18+. The third kappa shape index (κ3) is 5.80. The zero-order valence-electron chi connectivity index (χ0n) is 19.6. The molecule has 0 radical (unpaired) electrons. The fourth-order valence-corrected chi connectivity index (χ4v) is 4.06. The number of alkyl halides is 6. The van der Waals surface area contributed by atoms with Crippen molar-refractivity contribution < 1.29 is 35.9 Å². The molecule has 0 amide bonds. The number of hydrogen-bond donors (Lipinski definition) is 0. The maximum Gasteiger partial charge on any atom is 0.454 e. The van der Waals surface area contributed by atoms with Gasteiger partial charge in [-0.1, -0.05) is 72.8 Å². The molecule has 1 aliphatic rings. The van der Waals surface area contributed by atoms with E-state index in [1.54, 1.807) is 36.4 Å². The van der Waals surface area contributed by atoms with Crippen LogP contribution in [0, 0.1) is 0 Å². The van der Waals surface area contributed by atoms with Crippen molar-refractivity contribution in [1.29, 1.82) is 0 Å². The molecule has 38 heavy (non-hydrogen) atoms. The second-order valence-corrected chi connectivity index (χ2v) is 8.35. The first-order valence-corrected chi connectivity index (χ1v) is 11.4. The van der Waals surface area contributed by atoms with Gasteiger partial charge in [-0.3, -0.25) is 9.59 Å². The molecular formula is C28H20F6N2O2. The van der Waals surface area contributed by atoms with Gasteiger partial charge in [-0.2, -0.15) is 26.3 Å². The molecule has 0 saturated heterocycles. The summed E-state index contributed by atoms with van der Waals surface area (Å²) in [5.74, 6) is -4.05. The summed E-state index contributed by atoms with van der Waals surface area (Å²) in [7, 11) is 0. The van der Waals surface area contributed by atoms with Gasteiger partial charge >= 0.3 is 12.4 Å². The minimum absolute atomic E-state index is 0.0251. The Kier molecular flexibility index (Phi) is 7.43. The first kappa shape index (κ1) is 26.7. The highest BCUT2D eigenvalue weighted by Crippen LogP contribution is 2.37. The van der Waals surface area contributed by atoms with Gasteiger partial charge < -0.3 is 9.80 Å². The number of Topliss-reactive ketones (excluding diaryl/α,β-unsaturated/α-hetero) is 2.